The van der Waals surface area contributed by atoms with E-state index in [0.717, 1.165) is 5.56 Å². The number of nitrogens with zero attached hydrogens (tertiary/aromatic N) is 2. The number of hydrogen-bond acceptors (Lipinski definition) is 4. The Hall–Kier alpha value is -2.40. The molecule has 0 fully saturated rings. The molecule has 0 unspecified atom stereocenters. The lowest BCUT2D eigenvalue weighted by atomic mass is 10.0. The fraction of sp³-hybridized carbons (Fsp3) is 0. The predicted octanol–water partition coefficient (Wildman–Crippen LogP) is 3.78. The smallest absolute Gasteiger partial charge is 0.230 e. The van der Waals surface area contributed by atoms with Gasteiger partial charge in [-0.05, 0) is 24.3 Å². The zero-order valence-corrected chi connectivity index (χ0v) is 10.9. The molecule has 0 spiro atoms. The molecule has 0 radical (unpaired) electrons. The van der Waals surface area contributed by atoms with Gasteiger partial charge < -0.3 is 10.3 Å². The van der Waals surface area contributed by atoms with E-state index in [1.165, 1.54) is 18.2 Å². The van der Waals surface area contributed by atoms with E-state index < -0.39 is 5.82 Å². The van der Waals surface area contributed by atoms with Crippen LogP contribution in [0.25, 0.3) is 22.4 Å². The van der Waals surface area contributed by atoms with Crippen LogP contribution in [0.5, 0.6) is 0 Å². The minimum atomic E-state index is -0.418. The third-order valence-electron chi connectivity index (χ3n) is 2.85. The van der Waals surface area contributed by atoms with Crippen LogP contribution in [0.3, 0.4) is 0 Å². The van der Waals surface area contributed by atoms with Crippen molar-refractivity contribution in [1.29, 1.82) is 0 Å². The quantitative estimate of drug-likeness (QED) is 0.780. The Morgan fingerprint density at radius 2 is 2.10 bits per heavy atom. The van der Waals surface area contributed by atoms with Gasteiger partial charge in [0.2, 0.25) is 5.88 Å². The van der Waals surface area contributed by atoms with Crippen molar-refractivity contribution in [2.24, 2.45) is 0 Å². The molecule has 0 aliphatic rings. The lowest BCUT2D eigenvalue weighted by molar-refractivity contribution is 0.439. The molecule has 0 atom stereocenters. The summed E-state index contributed by atoms with van der Waals surface area (Å²) < 4.78 is 18.2. The first-order chi connectivity index (χ1) is 9.66. The van der Waals surface area contributed by atoms with Crippen LogP contribution in [0.2, 0.25) is 5.02 Å². The van der Waals surface area contributed by atoms with Crippen molar-refractivity contribution in [2.45, 2.75) is 0 Å². The second-order valence-electron chi connectivity index (χ2n) is 4.14. The Kier molecular flexibility index (Phi) is 3.12. The van der Waals surface area contributed by atoms with Crippen LogP contribution in [0.1, 0.15) is 0 Å². The van der Waals surface area contributed by atoms with Gasteiger partial charge in [-0.25, -0.2) is 4.39 Å². The molecule has 4 nitrogen and oxygen atoms in total. The lowest BCUT2D eigenvalue weighted by Crippen LogP contribution is -1.89. The Bertz CT molecular complexity index is 758. The molecule has 2 aromatic heterocycles. The molecule has 6 heteroatoms. The number of anilines is 1. The number of nitrogen functional groups attached to an aromatic ring is 1. The van der Waals surface area contributed by atoms with Gasteiger partial charge in [-0.1, -0.05) is 22.8 Å². The number of benzene rings is 1. The molecule has 2 heterocycles. The monoisotopic (exact) mass is 289 g/mol. The van der Waals surface area contributed by atoms with Crippen LogP contribution in [-0.4, -0.2) is 10.1 Å². The van der Waals surface area contributed by atoms with Crippen molar-refractivity contribution in [2.75, 3.05) is 5.73 Å². The second kappa shape index (κ2) is 4.94. The van der Waals surface area contributed by atoms with E-state index in [4.69, 9.17) is 21.9 Å². The van der Waals surface area contributed by atoms with Crippen LogP contribution < -0.4 is 5.73 Å². The van der Waals surface area contributed by atoms with E-state index in [0.29, 0.717) is 16.8 Å². The third-order valence-corrected chi connectivity index (χ3v) is 3.17. The van der Waals surface area contributed by atoms with Gasteiger partial charge >= 0.3 is 0 Å². The summed E-state index contributed by atoms with van der Waals surface area (Å²) in [5, 5.41) is 4.16. The van der Waals surface area contributed by atoms with Crippen molar-refractivity contribution in [3.05, 3.63) is 53.6 Å². The van der Waals surface area contributed by atoms with Gasteiger partial charge in [0, 0.05) is 23.5 Å². The normalized spacial score (nSPS) is 10.7. The molecule has 2 N–H and O–H groups in total. The molecule has 1 aromatic carbocycles. The first kappa shape index (κ1) is 12.6. The Labute approximate surface area is 119 Å². The molecule has 100 valence electrons. The Balaban J connectivity index is 2.21. The molecule has 0 saturated carbocycles. The summed E-state index contributed by atoms with van der Waals surface area (Å²) in [6.45, 7) is 0. The number of halogens is 2. The molecule has 0 saturated heterocycles. The molecule has 0 amide bonds. The van der Waals surface area contributed by atoms with Gasteiger partial charge in [-0.3, -0.25) is 4.98 Å². The van der Waals surface area contributed by atoms with Crippen LogP contribution in [-0.2, 0) is 0 Å². The van der Waals surface area contributed by atoms with Gasteiger partial charge in [-0.15, -0.1) is 0 Å². The Morgan fingerprint density at radius 3 is 2.80 bits per heavy atom. The van der Waals surface area contributed by atoms with Crippen molar-refractivity contribution in [3.63, 3.8) is 0 Å². The molecule has 3 aromatic rings. The summed E-state index contributed by atoms with van der Waals surface area (Å²) >= 11 is 6.05. The predicted molar refractivity (Wildman–Crippen MR) is 74.6 cm³/mol. The van der Waals surface area contributed by atoms with E-state index in [9.17, 15) is 4.39 Å². The maximum absolute atomic E-state index is 13.1. The van der Waals surface area contributed by atoms with Crippen LogP contribution >= 0.6 is 11.6 Å². The topological polar surface area (TPSA) is 64.9 Å². The van der Waals surface area contributed by atoms with Gasteiger partial charge in [-0.2, -0.15) is 0 Å². The molecule has 0 aliphatic carbocycles. The van der Waals surface area contributed by atoms with Crippen molar-refractivity contribution in [3.8, 4) is 22.4 Å². The van der Waals surface area contributed by atoms with Gasteiger partial charge in [0.05, 0.1) is 10.6 Å². The molecule has 0 aliphatic heterocycles. The van der Waals surface area contributed by atoms with E-state index in [2.05, 4.69) is 10.1 Å². The van der Waals surface area contributed by atoms with Gasteiger partial charge in [0.15, 0.2) is 0 Å². The number of aromatic nitrogens is 2. The largest absolute Gasteiger partial charge is 0.367 e. The first-order valence-electron chi connectivity index (χ1n) is 5.78. The highest BCUT2D eigenvalue weighted by atomic mass is 35.5. The molecule has 0 bridgehead atoms. The third kappa shape index (κ3) is 2.12. The van der Waals surface area contributed by atoms with Crippen molar-refractivity contribution in [1.82, 2.24) is 10.1 Å². The zero-order chi connectivity index (χ0) is 14.1. The van der Waals surface area contributed by atoms with E-state index >= 15 is 0 Å². The highest BCUT2D eigenvalue weighted by molar-refractivity contribution is 6.33. The second-order valence-corrected chi connectivity index (χ2v) is 4.54. The minimum Gasteiger partial charge on any atom is -0.367 e. The van der Waals surface area contributed by atoms with Crippen molar-refractivity contribution >= 4 is 17.5 Å². The average Bonchev–Trinajstić information content (AvgIpc) is 2.81. The highest BCUT2D eigenvalue weighted by Crippen LogP contribution is 2.38. The maximum Gasteiger partial charge on any atom is 0.230 e. The molecule has 3 rings (SSSR count). The number of pyridine rings is 1. The fourth-order valence-electron chi connectivity index (χ4n) is 1.96. The first-order valence-corrected chi connectivity index (χ1v) is 6.15. The van der Waals surface area contributed by atoms with Crippen LogP contribution in [0.15, 0.2) is 47.2 Å². The summed E-state index contributed by atoms with van der Waals surface area (Å²) in [6.07, 6.45) is 3.29. The van der Waals surface area contributed by atoms with Gasteiger partial charge in [0.1, 0.15) is 11.5 Å². The SMILES string of the molecule is Nc1onc(-c2ccc(F)cc2Cl)c1-c1cccnc1. The van der Waals surface area contributed by atoms with E-state index in [1.54, 1.807) is 18.5 Å². The fourth-order valence-corrected chi connectivity index (χ4v) is 2.21. The number of rotatable bonds is 2. The van der Waals surface area contributed by atoms with Crippen LogP contribution in [0.4, 0.5) is 10.3 Å². The summed E-state index contributed by atoms with van der Waals surface area (Å²) in [5.74, 6) is -0.258. The lowest BCUT2D eigenvalue weighted by Gasteiger charge is -2.04. The molecular formula is C14H9ClFN3O. The summed E-state index contributed by atoms with van der Waals surface area (Å²) in [7, 11) is 0. The minimum absolute atomic E-state index is 0.161. The summed E-state index contributed by atoms with van der Waals surface area (Å²) in [6, 6.07) is 7.66. The van der Waals surface area contributed by atoms with E-state index in [-0.39, 0.29) is 10.9 Å². The van der Waals surface area contributed by atoms with Gasteiger partial charge in [0.25, 0.3) is 0 Å². The molecular weight excluding hydrogens is 281 g/mol. The zero-order valence-electron chi connectivity index (χ0n) is 10.2. The maximum atomic E-state index is 13.1. The van der Waals surface area contributed by atoms with Crippen LogP contribution in [0, 0.1) is 5.82 Å². The van der Waals surface area contributed by atoms with Crippen molar-refractivity contribution < 1.29 is 8.91 Å². The summed E-state index contributed by atoms with van der Waals surface area (Å²) in [4.78, 5) is 4.04. The number of hydrogen-bond donors (Lipinski definition) is 1. The summed E-state index contributed by atoms with van der Waals surface area (Å²) in [5.41, 5.74) is 8.16. The molecule has 20 heavy (non-hydrogen) atoms. The highest BCUT2D eigenvalue weighted by Gasteiger charge is 2.19. The average molecular weight is 290 g/mol. The van der Waals surface area contributed by atoms with E-state index in [1.807, 2.05) is 6.07 Å². The standard InChI is InChI=1S/C14H9ClFN3O/c15-11-6-9(16)3-4-10(11)13-12(14(17)20-19-13)8-2-1-5-18-7-8/h1-7H,17H2. The Morgan fingerprint density at radius 1 is 1.25 bits per heavy atom. The number of nitrogens with two attached hydrogens (primary N) is 1.